The Labute approximate surface area is 74.4 Å². The molecule has 2 atom stereocenters. The number of carbonyl (C=O) groups excluding carboxylic acids is 2. The minimum absolute atomic E-state index is 0.212. The van der Waals surface area contributed by atoms with Gasteiger partial charge in [0.25, 0.3) is 0 Å². The number of nitrogens with two attached hydrogens (primary N) is 2. The quantitative estimate of drug-likeness (QED) is 0.535. The number of carbonyl (C=O) groups is 2. The lowest BCUT2D eigenvalue weighted by molar-refractivity contribution is -0.136. The zero-order valence-corrected chi connectivity index (χ0v) is 7.50. The highest BCUT2D eigenvalue weighted by molar-refractivity contribution is 8.00. The van der Waals surface area contributed by atoms with Crippen LogP contribution in [0.1, 0.15) is 6.92 Å². The largest absolute Gasteiger partial charge is 0.368 e. The lowest BCUT2D eigenvalue weighted by atomic mass is 10.3. The fourth-order valence-electron chi connectivity index (χ4n) is 1.15. The lowest BCUT2D eigenvalue weighted by Crippen LogP contribution is -2.49. The second kappa shape index (κ2) is 3.32. The van der Waals surface area contributed by atoms with Crippen LogP contribution in [0, 0.1) is 0 Å². The fraction of sp³-hybridized carbons (Fsp3) is 0.667. The Morgan fingerprint density at radius 1 is 1.58 bits per heavy atom. The van der Waals surface area contributed by atoms with Crippen LogP contribution in [0.5, 0.6) is 0 Å². The molecule has 1 saturated heterocycles. The first-order valence-corrected chi connectivity index (χ1v) is 4.54. The maximum atomic E-state index is 11.0. The van der Waals surface area contributed by atoms with Crippen molar-refractivity contribution in [1.82, 2.24) is 4.90 Å². The summed E-state index contributed by atoms with van der Waals surface area (Å²) >= 11 is 1.35. The maximum absolute atomic E-state index is 11.0. The third-order valence-electron chi connectivity index (χ3n) is 1.73. The van der Waals surface area contributed by atoms with E-state index in [0.717, 1.165) is 0 Å². The van der Waals surface area contributed by atoms with Gasteiger partial charge in [-0.1, -0.05) is 0 Å². The molecule has 2 amide bonds. The summed E-state index contributed by atoms with van der Waals surface area (Å²) in [5.41, 5.74) is 10.2. The molecule has 6 heteroatoms. The molecule has 0 aromatic rings. The molecule has 0 bridgehead atoms. The van der Waals surface area contributed by atoms with E-state index in [4.69, 9.17) is 11.5 Å². The summed E-state index contributed by atoms with van der Waals surface area (Å²) in [6.07, 6.45) is 0. The Hall–Kier alpha value is -0.750. The second-order valence-corrected chi connectivity index (χ2v) is 3.72. The molecule has 0 saturated carbocycles. The number of nitrogens with zero attached hydrogens (tertiary/aromatic N) is 1. The van der Waals surface area contributed by atoms with Gasteiger partial charge in [0, 0.05) is 12.7 Å². The predicted molar refractivity (Wildman–Crippen MR) is 45.9 cm³/mol. The van der Waals surface area contributed by atoms with Crippen LogP contribution < -0.4 is 11.5 Å². The highest BCUT2D eigenvalue weighted by Crippen LogP contribution is 2.24. The molecular formula is C6H11N3O2S. The van der Waals surface area contributed by atoms with Crippen LogP contribution in [0.15, 0.2) is 0 Å². The molecule has 12 heavy (non-hydrogen) atoms. The van der Waals surface area contributed by atoms with Crippen molar-refractivity contribution in [2.24, 2.45) is 11.5 Å². The molecule has 0 aliphatic carbocycles. The topological polar surface area (TPSA) is 89.4 Å². The Bertz CT molecular complexity index is 221. The Kier molecular flexibility index (Phi) is 2.58. The van der Waals surface area contributed by atoms with Crippen LogP contribution in [0.3, 0.4) is 0 Å². The molecule has 0 radical (unpaired) electrons. The van der Waals surface area contributed by atoms with Gasteiger partial charge >= 0.3 is 0 Å². The van der Waals surface area contributed by atoms with Crippen molar-refractivity contribution in [2.75, 3.05) is 5.75 Å². The van der Waals surface area contributed by atoms with Crippen LogP contribution in [0.4, 0.5) is 0 Å². The first kappa shape index (κ1) is 9.34. The monoisotopic (exact) mass is 189 g/mol. The van der Waals surface area contributed by atoms with Gasteiger partial charge in [0.2, 0.25) is 11.8 Å². The summed E-state index contributed by atoms with van der Waals surface area (Å²) in [6, 6.07) is -0.539. The summed E-state index contributed by atoms with van der Waals surface area (Å²) in [5.74, 6) is -0.210. The first-order chi connectivity index (χ1) is 5.54. The Balaban J connectivity index is 2.77. The van der Waals surface area contributed by atoms with Crippen molar-refractivity contribution in [2.45, 2.75) is 18.5 Å². The fourth-order valence-corrected chi connectivity index (χ4v) is 2.31. The molecule has 1 aliphatic heterocycles. The van der Waals surface area contributed by atoms with Crippen molar-refractivity contribution >= 4 is 23.6 Å². The van der Waals surface area contributed by atoms with E-state index in [1.807, 2.05) is 0 Å². The number of amides is 2. The van der Waals surface area contributed by atoms with E-state index in [1.165, 1.54) is 23.6 Å². The third kappa shape index (κ3) is 1.54. The summed E-state index contributed by atoms with van der Waals surface area (Å²) in [5, 5.41) is 0. The minimum atomic E-state index is -0.539. The highest BCUT2D eigenvalue weighted by Gasteiger charge is 2.36. The van der Waals surface area contributed by atoms with Gasteiger partial charge in [0.05, 0.1) is 0 Å². The van der Waals surface area contributed by atoms with Crippen LogP contribution in [-0.2, 0) is 9.59 Å². The molecule has 1 heterocycles. The molecule has 1 fully saturated rings. The number of hydrogen-bond acceptors (Lipinski definition) is 4. The van der Waals surface area contributed by atoms with E-state index in [9.17, 15) is 9.59 Å². The zero-order chi connectivity index (χ0) is 9.30. The smallest absolute Gasteiger partial charge is 0.241 e. The van der Waals surface area contributed by atoms with Gasteiger partial charge in [-0.25, -0.2) is 0 Å². The Morgan fingerprint density at radius 3 is 2.50 bits per heavy atom. The van der Waals surface area contributed by atoms with E-state index in [1.54, 1.807) is 0 Å². The van der Waals surface area contributed by atoms with Crippen molar-refractivity contribution in [3.63, 3.8) is 0 Å². The molecule has 1 aliphatic rings. The summed E-state index contributed by atoms with van der Waals surface area (Å²) in [6.45, 7) is 1.38. The van der Waals surface area contributed by atoms with E-state index in [-0.39, 0.29) is 5.91 Å². The van der Waals surface area contributed by atoms with E-state index in [0.29, 0.717) is 5.75 Å². The van der Waals surface area contributed by atoms with Gasteiger partial charge < -0.3 is 16.4 Å². The van der Waals surface area contributed by atoms with Crippen molar-refractivity contribution in [3.8, 4) is 0 Å². The average molecular weight is 189 g/mol. The van der Waals surface area contributed by atoms with Gasteiger partial charge in [0.15, 0.2) is 0 Å². The lowest BCUT2D eigenvalue weighted by Gasteiger charge is -2.23. The Morgan fingerprint density at radius 2 is 2.17 bits per heavy atom. The molecule has 1 rings (SSSR count). The van der Waals surface area contributed by atoms with Gasteiger partial charge in [-0.15, -0.1) is 11.8 Å². The van der Waals surface area contributed by atoms with Gasteiger partial charge in [0.1, 0.15) is 11.5 Å². The van der Waals surface area contributed by atoms with Crippen LogP contribution >= 0.6 is 11.8 Å². The van der Waals surface area contributed by atoms with Gasteiger partial charge in [-0.3, -0.25) is 9.59 Å². The average Bonchev–Trinajstić information content (AvgIpc) is 2.30. The maximum Gasteiger partial charge on any atom is 0.241 e. The molecule has 0 aromatic carbocycles. The highest BCUT2D eigenvalue weighted by atomic mass is 32.2. The normalized spacial score (nSPS) is 29.0. The van der Waals surface area contributed by atoms with Crippen LogP contribution in [-0.4, -0.2) is 34.0 Å². The van der Waals surface area contributed by atoms with Crippen LogP contribution in [0.2, 0.25) is 0 Å². The van der Waals surface area contributed by atoms with E-state index >= 15 is 0 Å². The second-order valence-electron chi connectivity index (χ2n) is 2.57. The van der Waals surface area contributed by atoms with E-state index in [2.05, 4.69) is 0 Å². The zero-order valence-electron chi connectivity index (χ0n) is 6.69. The molecule has 68 valence electrons. The molecule has 5 nitrogen and oxygen atoms in total. The van der Waals surface area contributed by atoms with Crippen molar-refractivity contribution in [1.29, 1.82) is 0 Å². The van der Waals surface area contributed by atoms with Gasteiger partial charge in [-0.05, 0) is 0 Å². The molecule has 4 N–H and O–H groups in total. The van der Waals surface area contributed by atoms with Gasteiger partial charge in [-0.2, -0.15) is 0 Å². The van der Waals surface area contributed by atoms with Crippen molar-refractivity contribution in [3.05, 3.63) is 0 Å². The number of thioether (sulfide) groups is 1. The molecular weight excluding hydrogens is 178 g/mol. The van der Waals surface area contributed by atoms with Crippen LogP contribution in [0.25, 0.3) is 0 Å². The summed E-state index contributed by atoms with van der Waals surface area (Å²) in [4.78, 5) is 23.1. The SMILES string of the molecule is CC(=O)N1C(N)SCC1C(N)=O. The van der Waals surface area contributed by atoms with E-state index < -0.39 is 17.4 Å². The number of rotatable bonds is 1. The molecule has 2 unspecified atom stereocenters. The first-order valence-electron chi connectivity index (χ1n) is 3.49. The number of primary amides is 1. The third-order valence-corrected chi connectivity index (χ3v) is 2.80. The van der Waals surface area contributed by atoms with Crippen molar-refractivity contribution < 1.29 is 9.59 Å². The standard InChI is InChI=1S/C6H11N3O2S/c1-3(10)9-4(5(7)11)2-12-6(9)8/h4,6H,2,8H2,1H3,(H2,7,11). The molecule has 0 aromatic heterocycles. The predicted octanol–water partition coefficient (Wildman–Crippen LogP) is -1.32. The number of hydrogen-bond donors (Lipinski definition) is 2. The summed E-state index contributed by atoms with van der Waals surface area (Å²) in [7, 11) is 0. The molecule has 0 spiro atoms. The summed E-state index contributed by atoms with van der Waals surface area (Å²) < 4.78 is 0. The minimum Gasteiger partial charge on any atom is -0.368 e.